The van der Waals surface area contributed by atoms with Crippen molar-refractivity contribution in [1.82, 2.24) is 4.90 Å². The summed E-state index contributed by atoms with van der Waals surface area (Å²) in [5.74, 6) is -0.0536. The Bertz CT molecular complexity index is 260. The zero-order valence-corrected chi connectivity index (χ0v) is 11.9. The maximum atomic E-state index is 11.0. The van der Waals surface area contributed by atoms with E-state index < -0.39 is 11.4 Å². The molecule has 4 heteroatoms. The van der Waals surface area contributed by atoms with Gasteiger partial charge in [0, 0.05) is 13.2 Å². The smallest absolute Gasteiger partial charge is 0.309 e. The van der Waals surface area contributed by atoms with Gasteiger partial charge < -0.3 is 14.7 Å². The molecule has 0 aromatic carbocycles. The zero-order chi connectivity index (χ0) is 13.6. The summed E-state index contributed by atoms with van der Waals surface area (Å²) in [5.41, 5.74) is -0.602. The van der Waals surface area contributed by atoms with Crippen LogP contribution in [0.15, 0.2) is 0 Å². The molecule has 1 fully saturated rings. The lowest BCUT2D eigenvalue weighted by molar-refractivity contribution is -0.147. The second-order valence-electron chi connectivity index (χ2n) is 6.14. The molecule has 0 aromatic rings. The van der Waals surface area contributed by atoms with E-state index in [1.165, 1.54) is 12.8 Å². The average Bonchev–Trinajstić information content (AvgIpc) is 2.29. The molecule has 1 unspecified atom stereocenters. The monoisotopic (exact) mass is 257 g/mol. The van der Waals surface area contributed by atoms with Crippen LogP contribution in [0.2, 0.25) is 0 Å². The summed E-state index contributed by atoms with van der Waals surface area (Å²) >= 11 is 0. The average molecular weight is 257 g/mol. The predicted molar refractivity (Wildman–Crippen MR) is 71.7 cm³/mol. The number of nitrogens with zero attached hydrogens (tertiary/aromatic N) is 1. The summed E-state index contributed by atoms with van der Waals surface area (Å²) in [4.78, 5) is 13.3. The summed E-state index contributed by atoms with van der Waals surface area (Å²) in [6, 6.07) is 0. The van der Waals surface area contributed by atoms with Crippen molar-refractivity contribution in [1.29, 1.82) is 0 Å². The number of carbonyl (C=O) groups is 1. The van der Waals surface area contributed by atoms with E-state index in [1.807, 2.05) is 0 Å². The highest BCUT2D eigenvalue weighted by molar-refractivity contribution is 5.73. The van der Waals surface area contributed by atoms with Gasteiger partial charge in [0.05, 0.1) is 12.0 Å². The van der Waals surface area contributed by atoms with Crippen LogP contribution in [0.25, 0.3) is 0 Å². The molecule has 1 aliphatic rings. The van der Waals surface area contributed by atoms with Crippen molar-refractivity contribution in [3.05, 3.63) is 0 Å². The highest BCUT2D eigenvalue weighted by Crippen LogP contribution is 2.22. The van der Waals surface area contributed by atoms with Crippen LogP contribution in [-0.4, -0.2) is 49.3 Å². The molecule has 0 saturated carbocycles. The topological polar surface area (TPSA) is 49.8 Å². The van der Waals surface area contributed by atoms with Crippen molar-refractivity contribution in [2.24, 2.45) is 11.3 Å². The normalized spacial score (nSPS) is 21.2. The molecule has 1 N–H and O–H groups in total. The first kappa shape index (κ1) is 15.4. The molecule has 1 saturated heterocycles. The Morgan fingerprint density at radius 2 is 2.22 bits per heavy atom. The van der Waals surface area contributed by atoms with Crippen molar-refractivity contribution in [3.8, 4) is 0 Å². The molecule has 1 heterocycles. The molecule has 0 bridgehead atoms. The lowest BCUT2D eigenvalue weighted by atomic mass is 9.88. The van der Waals surface area contributed by atoms with Crippen molar-refractivity contribution in [3.63, 3.8) is 0 Å². The fourth-order valence-electron chi connectivity index (χ4n) is 2.38. The molecule has 1 aliphatic heterocycles. The number of carboxylic acids is 1. The van der Waals surface area contributed by atoms with Crippen LogP contribution in [0.4, 0.5) is 0 Å². The molecule has 0 radical (unpaired) electrons. The molecule has 0 amide bonds. The summed E-state index contributed by atoms with van der Waals surface area (Å²) in [6.07, 6.45) is 4.09. The third-order valence-electron chi connectivity index (χ3n) is 3.75. The molecule has 0 aromatic heterocycles. The summed E-state index contributed by atoms with van der Waals surface area (Å²) in [7, 11) is 2.11. The fraction of sp³-hybridized carbons (Fsp3) is 0.929. The second kappa shape index (κ2) is 7.10. The molecule has 4 nitrogen and oxygen atoms in total. The van der Waals surface area contributed by atoms with E-state index in [0.717, 1.165) is 39.1 Å². The van der Waals surface area contributed by atoms with Gasteiger partial charge in [-0.25, -0.2) is 0 Å². The summed E-state index contributed by atoms with van der Waals surface area (Å²) < 4.78 is 5.47. The van der Waals surface area contributed by atoms with Gasteiger partial charge in [0.2, 0.25) is 0 Å². The molecule has 1 atom stereocenters. The first-order chi connectivity index (χ1) is 8.42. The van der Waals surface area contributed by atoms with Gasteiger partial charge in [-0.1, -0.05) is 0 Å². The van der Waals surface area contributed by atoms with Gasteiger partial charge in [0.15, 0.2) is 0 Å². The Balaban J connectivity index is 2.16. The third-order valence-corrected chi connectivity index (χ3v) is 3.75. The van der Waals surface area contributed by atoms with Gasteiger partial charge in [0.1, 0.15) is 0 Å². The van der Waals surface area contributed by atoms with Crippen LogP contribution >= 0.6 is 0 Å². The molecule has 106 valence electrons. The van der Waals surface area contributed by atoms with Gasteiger partial charge in [-0.15, -0.1) is 0 Å². The fourth-order valence-corrected chi connectivity index (χ4v) is 2.38. The van der Waals surface area contributed by atoms with Gasteiger partial charge >= 0.3 is 5.97 Å². The van der Waals surface area contributed by atoms with Crippen molar-refractivity contribution >= 4 is 5.97 Å². The number of aliphatic carboxylic acids is 1. The first-order valence-electron chi connectivity index (χ1n) is 6.91. The Kier molecular flexibility index (Phi) is 6.09. The number of ether oxygens (including phenoxy) is 1. The van der Waals surface area contributed by atoms with Crippen LogP contribution in [0.3, 0.4) is 0 Å². The van der Waals surface area contributed by atoms with E-state index >= 15 is 0 Å². The van der Waals surface area contributed by atoms with E-state index in [-0.39, 0.29) is 0 Å². The van der Waals surface area contributed by atoms with Crippen LogP contribution < -0.4 is 0 Å². The molecule has 18 heavy (non-hydrogen) atoms. The summed E-state index contributed by atoms with van der Waals surface area (Å²) in [6.45, 7) is 7.41. The van der Waals surface area contributed by atoms with Crippen LogP contribution in [0, 0.1) is 11.3 Å². The lowest BCUT2D eigenvalue weighted by Crippen LogP contribution is -2.32. The number of rotatable bonds is 7. The predicted octanol–water partition coefficient (Wildman–Crippen LogP) is 2.24. The minimum Gasteiger partial charge on any atom is -0.481 e. The maximum Gasteiger partial charge on any atom is 0.309 e. The first-order valence-corrected chi connectivity index (χ1v) is 6.91. The van der Waals surface area contributed by atoms with Crippen LogP contribution in [-0.2, 0) is 9.53 Å². The Hall–Kier alpha value is -0.610. The Morgan fingerprint density at radius 3 is 2.78 bits per heavy atom. The molecule has 1 rings (SSSR count). The number of hydrogen-bond acceptors (Lipinski definition) is 3. The lowest BCUT2D eigenvalue weighted by Gasteiger charge is -2.27. The van der Waals surface area contributed by atoms with Crippen molar-refractivity contribution in [2.75, 3.05) is 33.4 Å². The van der Waals surface area contributed by atoms with Gasteiger partial charge in [-0.2, -0.15) is 0 Å². The van der Waals surface area contributed by atoms with E-state index in [0.29, 0.717) is 5.92 Å². The minimum absolute atomic E-state index is 0.602. The number of carboxylic acid groups (broad SMARTS) is 1. The Labute approximate surface area is 110 Å². The van der Waals surface area contributed by atoms with Gasteiger partial charge in [0.25, 0.3) is 0 Å². The van der Waals surface area contributed by atoms with Crippen molar-refractivity contribution < 1.29 is 14.6 Å². The van der Waals surface area contributed by atoms with Crippen LogP contribution in [0.5, 0.6) is 0 Å². The van der Waals surface area contributed by atoms with Crippen LogP contribution in [0.1, 0.15) is 39.5 Å². The summed E-state index contributed by atoms with van der Waals surface area (Å²) in [5, 5.41) is 9.04. The Morgan fingerprint density at radius 1 is 1.50 bits per heavy atom. The molecule has 0 aliphatic carbocycles. The minimum atomic E-state index is -0.703. The van der Waals surface area contributed by atoms with E-state index in [4.69, 9.17) is 9.84 Å². The second-order valence-corrected chi connectivity index (χ2v) is 6.14. The highest BCUT2D eigenvalue weighted by Gasteiger charge is 2.26. The molecular weight excluding hydrogens is 230 g/mol. The highest BCUT2D eigenvalue weighted by atomic mass is 16.5. The van der Waals surface area contributed by atoms with E-state index in [2.05, 4.69) is 11.9 Å². The largest absolute Gasteiger partial charge is 0.481 e. The van der Waals surface area contributed by atoms with Crippen molar-refractivity contribution in [2.45, 2.75) is 39.5 Å². The van der Waals surface area contributed by atoms with Gasteiger partial charge in [-0.05, 0) is 59.0 Å². The molecular formula is C14H27NO3. The molecule has 0 spiro atoms. The third kappa shape index (κ3) is 5.36. The zero-order valence-electron chi connectivity index (χ0n) is 11.9. The van der Waals surface area contributed by atoms with E-state index in [1.54, 1.807) is 13.8 Å². The quantitative estimate of drug-likeness (QED) is 0.760. The van der Waals surface area contributed by atoms with E-state index in [9.17, 15) is 4.79 Å². The number of hydrogen-bond donors (Lipinski definition) is 1. The SMILES string of the molecule is CN(CCCC(C)(C)C(=O)O)CC1CCCOC1. The van der Waals surface area contributed by atoms with Gasteiger partial charge in [-0.3, -0.25) is 4.79 Å². The maximum absolute atomic E-state index is 11.0. The standard InChI is InChI=1S/C14H27NO3/c1-14(2,13(16)17)7-5-8-15(3)10-12-6-4-9-18-11-12/h12H,4-11H2,1-3H3,(H,16,17).